The molecule has 0 aromatic carbocycles. The van der Waals surface area contributed by atoms with E-state index < -0.39 is 7.82 Å². The normalized spacial score (nSPS) is 12.2. The highest BCUT2D eigenvalue weighted by Gasteiger charge is 2.16. The first-order valence-electron chi connectivity index (χ1n) is 13.1. The fourth-order valence-corrected chi connectivity index (χ4v) is 3.43. The fourth-order valence-electron chi connectivity index (χ4n) is 3.03. The van der Waals surface area contributed by atoms with Crippen LogP contribution in [0.15, 0.2) is 50.6 Å². The molecule has 0 saturated carbocycles. The number of ether oxygens (including phenoxy) is 1. The van der Waals surface area contributed by atoms with Crippen molar-refractivity contribution in [2.45, 2.75) is 79.1 Å². The van der Waals surface area contributed by atoms with Gasteiger partial charge in [0.25, 0.3) is 0 Å². The van der Waals surface area contributed by atoms with Crippen LogP contribution in [-0.4, -0.2) is 53.5 Å². The molecule has 0 aliphatic heterocycles. The topological polar surface area (TPSA) is 96.3 Å². The van der Waals surface area contributed by atoms with Crippen LogP contribution in [0.25, 0.3) is 0 Å². The first-order chi connectivity index (χ1) is 17.1. The van der Waals surface area contributed by atoms with Crippen LogP contribution < -0.4 is 0 Å². The first kappa shape index (κ1) is 39.0. The van der Waals surface area contributed by atoms with Gasteiger partial charge in [-0.1, -0.05) is 91.0 Å². The molecule has 36 heavy (non-hydrogen) atoms. The summed E-state index contributed by atoms with van der Waals surface area (Å²) in [4.78, 5) is 29.9. The smallest absolute Gasteiger partial charge is 0.462 e. The van der Waals surface area contributed by atoms with Crippen LogP contribution in [-0.2, 0) is 18.6 Å². The van der Waals surface area contributed by atoms with E-state index in [1.54, 1.807) is 0 Å². The van der Waals surface area contributed by atoms with Gasteiger partial charge in [-0.3, -0.25) is 9.42 Å². The van der Waals surface area contributed by atoms with Gasteiger partial charge in [0.1, 0.15) is 0 Å². The number of phosphoric ester groups is 1. The van der Waals surface area contributed by atoms with Crippen LogP contribution in [0.3, 0.4) is 0 Å². The number of phosphoric acid groups is 1. The van der Waals surface area contributed by atoms with E-state index in [0.717, 1.165) is 58.2 Å². The Kier molecular flexibility index (Phi) is 30.4. The van der Waals surface area contributed by atoms with Crippen LogP contribution in [0.2, 0.25) is 0 Å². The van der Waals surface area contributed by atoms with Gasteiger partial charge in [-0.15, -0.1) is 19.7 Å². The predicted octanol–water partition coefficient (Wildman–Crippen LogP) is 7.09. The minimum absolute atomic E-state index is 0.167. The molecular weight excluding hydrogens is 477 g/mol. The number of carbonyl (C=O) groups excluding carboxylic acids is 1. The molecule has 2 unspecified atom stereocenters. The molecule has 0 spiro atoms. The van der Waals surface area contributed by atoms with Gasteiger partial charge in [0.15, 0.2) is 0 Å². The van der Waals surface area contributed by atoms with Crippen LogP contribution in [0, 0.1) is 11.8 Å². The van der Waals surface area contributed by atoms with E-state index >= 15 is 0 Å². The van der Waals surface area contributed by atoms with Gasteiger partial charge in [0, 0.05) is 25.7 Å². The lowest BCUT2D eigenvalue weighted by molar-refractivity contribution is -0.139. The zero-order valence-corrected chi connectivity index (χ0v) is 24.3. The Morgan fingerprint density at radius 1 is 0.833 bits per heavy atom. The van der Waals surface area contributed by atoms with E-state index in [1.165, 1.54) is 18.9 Å². The van der Waals surface area contributed by atoms with Crippen LogP contribution in [0.5, 0.6) is 0 Å². The maximum Gasteiger partial charge on any atom is 0.469 e. The molecule has 0 amide bonds. The van der Waals surface area contributed by atoms with Crippen LogP contribution in [0.1, 0.15) is 79.1 Å². The summed E-state index contributed by atoms with van der Waals surface area (Å²) in [7, 11) is -4.26. The zero-order chi connectivity index (χ0) is 28.2. The molecule has 0 bridgehead atoms. The summed E-state index contributed by atoms with van der Waals surface area (Å²) in [5, 5.41) is 0. The van der Waals surface area contributed by atoms with E-state index in [-0.39, 0.29) is 18.5 Å². The van der Waals surface area contributed by atoms with E-state index in [1.807, 2.05) is 25.2 Å². The summed E-state index contributed by atoms with van der Waals surface area (Å²) in [6, 6.07) is 0. The Morgan fingerprint density at radius 2 is 1.25 bits per heavy atom. The second kappa shape index (κ2) is 28.1. The average Bonchev–Trinajstić information content (AvgIpc) is 2.85. The van der Waals surface area contributed by atoms with Gasteiger partial charge in [-0.2, -0.15) is 0 Å². The van der Waals surface area contributed by atoms with Crippen molar-refractivity contribution in [3.63, 3.8) is 0 Å². The van der Waals surface area contributed by atoms with Crippen molar-refractivity contribution in [1.82, 2.24) is 4.90 Å². The standard InChI is InChI=1S/C11H20O2.C9H15N.C8H19O4P/c1-4-7-8-10(5-2)9-13-11(12)6-3;1-4-7-10(8-5-2)9-6-3;1-3-5-6-8(4-2)7-12-13(9,10)11/h6,10H,3-5,7-9H2,1-2H3;4-6H,1-3,7-9H2;8H,3-7H2,1-2H3,(H2,9,10,11). The summed E-state index contributed by atoms with van der Waals surface area (Å²) in [5.41, 5.74) is 0. The van der Waals surface area contributed by atoms with Crippen molar-refractivity contribution >= 4 is 13.8 Å². The fraction of sp³-hybridized carbons (Fsp3) is 0.679. The van der Waals surface area contributed by atoms with E-state index in [4.69, 9.17) is 14.5 Å². The third-order valence-electron chi connectivity index (χ3n) is 5.35. The Labute approximate surface area is 221 Å². The lowest BCUT2D eigenvalue weighted by Crippen LogP contribution is -2.23. The van der Waals surface area contributed by atoms with Gasteiger partial charge in [-0.05, 0) is 24.7 Å². The lowest BCUT2D eigenvalue weighted by Gasteiger charge is -2.15. The number of carbonyl (C=O) groups is 1. The molecule has 0 aliphatic carbocycles. The molecule has 2 atom stereocenters. The van der Waals surface area contributed by atoms with E-state index in [9.17, 15) is 9.36 Å². The number of unbranched alkanes of at least 4 members (excludes halogenated alkanes) is 2. The molecule has 7 nitrogen and oxygen atoms in total. The number of hydrogen-bond acceptors (Lipinski definition) is 5. The number of rotatable bonds is 20. The molecule has 212 valence electrons. The minimum atomic E-state index is -4.26. The number of nitrogens with zero attached hydrogens (tertiary/aromatic N) is 1. The number of esters is 1. The minimum Gasteiger partial charge on any atom is -0.462 e. The Bertz CT molecular complexity index is 581. The van der Waals surface area contributed by atoms with Crippen molar-refractivity contribution in [2.24, 2.45) is 11.8 Å². The molecule has 0 saturated heterocycles. The zero-order valence-electron chi connectivity index (χ0n) is 23.4. The summed E-state index contributed by atoms with van der Waals surface area (Å²) in [6.45, 7) is 26.1. The Balaban J connectivity index is -0.000000459. The average molecular weight is 532 g/mol. The quantitative estimate of drug-likeness (QED) is 0.0749. The van der Waals surface area contributed by atoms with Crippen molar-refractivity contribution in [3.05, 3.63) is 50.6 Å². The van der Waals surface area contributed by atoms with Gasteiger partial charge >= 0.3 is 13.8 Å². The summed E-state index contributed by atoms with van der Waals surface area (Å²) >= 11 is 0. The maximum absolute atomic E-state index is 10.8. The highest BCUT2D eigenvalue weighted by atomic mass is 31.2. The third-order valence-corrected chi connectivity index (χ3v) is 5.84. The van der Waals surface area contributed by atoms with Crippen molar-refractivity contribution in [1.29, 1.82) is 0 Å². The first-order valence-corrected chi connectivity index (χ1v) is 14.7. The maximum atomic E-state index is 10.8. The Hall–Kier alpha value is -1.50. The van der Waals surface area contributed by atoms with Gasteiger partial charge < -0.3 is 14.5 Å². The van der Waals surface area contributed by atoms with Crippen molar-refractivity contribution in [2.75, 3.05) is 32.8 Å². The SMILES string of the molecule is C=CC(=O)OCC(CC)CCCC.C=CCN(CC=C)CC=C.CCCCC(CC)COP(=O)(O)O. The number of hydrogen-bond donors (Lipinski definition) is 2. The second-order valence-electron chi connectivity index (χ2n) is 8.54. The third kappa shape index (κ3) is 30.5. The molecule has 0 rings (SSSR count). The molecular formula is C28H54NO6P. The predicted molar refractivity (Wildman–Crippen MR) is 153 cm³/mol. The molecule has 0 heterocycles. The van der Waals surface area contributed by atoms with Crippen molar-refractivity contribution < 1.29 is 28.4 Å². The highest BCUT2D eigenvalue weighted by Crippen LogP contribution is 2.36. The largest absolute Gasteiger partial charge is 0.469 e. The molecule has 0 aromatic rings. The Morgan fingerprint density at radius 3 is 1.56 bits per heavy atom. The van der Waals surface area contributed by atoms with E-state index in [0.29, 0.717) is 12.5 Å². The van der Waals surface area contributed by atoms with Crippen LogP contribution in [0.4, 0.5) is 0 Å². The highest BCUT2D eigenvalue weighted by molar-refractivity contribution is 7.46. The molecule has 0 aliphatic rings. The van der Waals surface area contributed by atoms with E-state index in [2.05, 4.69) is 56.5 Å². The lowest BCUT2D eigenvalue weighted by atomic mass is 10.0. The summed E-state index contributed by atoms with van der Waals surface area (Å²) in [5.74, 6) is 0.478. The van der Waals surface area contributed by atoms with Crippen molar-refractivity contribution in [3.8, 4) is 0 Å². The molecule has 2 N–H and O–H groups in total. The molecule has 0 radical (unpaired) electrons. The summed E-state index contributed by atoms with van der Waals surface area (Å²) in [6.07, 6.45) is 15.6. The summed E-state index contributed by atoms with van der Waals surface area (Å²) < 4.78 is 19.8. The van der Waals surface area contributed by atoms with Gasteiger partial charge in [-0.25, -0.2) is 9.36 Å². The second-order valence-corrected chi connectivity index (χ2v) is 9.78. The molecule has 0 aromatic heterocycles. The van der Waals surface area contributed by atoms with Gasteiger partial charge in [0.2, 0.25) is 0 Å². The molecule has 0 fully saturated rings. The van der Waals surface area contributed by atoms with Gasteiger partial charge in [0.05, 0.1) is 13.2 Å². The molecule has 8 heteroatoms. The van der Waals surface area contributed by atoms with Crippen LogP contribution >= 0.6 is 7.82 Å². The monoisotopic (exact) mass is 531 g/mol.